The third-order valence-electron chi connectivity index (χ3n) is 5.17. The molecule has 1 saturated heterocycles. The Morgan fingerprint density at radius 1 is 1.13 bits per heavy atom. The molecule has 5 nitrogen and oxygen atoms in total. The molecule has 2 aliphatic rings. The Morgan fingerprint density at radius 3 is 2.57 bits per heavy atom. The number of morpholine rings is 1. The van der Waals surface area contributed by atoms with E-state index in [1.165, 1.54) is 0 Å². The predicted molar refractivity (Wildman–Crippen MR) is 91.5 cm³/mol. The molecular weight excluding hydrogens is 292 g/mol. The van der Waals surface area contributed by atoms with E-state index in [1.807, 2.05) is 12.1 Å². The lowest BCUT2D eigenvalue weighted by atomic mass is 9.94. The third-order valence-corrected chi connectivity index (χ3v) is 5.17. The van der Waals surface area contributed by atoms with Gasteiger partial charge in [-0.1, -0.05) is 13.8 Å². The number of phenolic OH excluding ortho intramolecular Hbond substituents is 1. The van der Waals surface area contributed by atoms with Crippen LogP contribution >= 0.6 is 0 Å². The standard InChI is InChI=1S/C18H28N2O3/c1-3-18(4-2)14-20(8-7-19-9-11-22-12-10-19)16-13-15(21)5-6-17(16)23-18/h5-6,13,21H,3-4,7-12,14H2,1-2H3. The van der Waals surface area contributed by atoms with Crippen molar-refractivity contribution >= 4 is 5.69 Å². The maximum absolute atomic E-state index is 9.86. The van der Waals surface area contributed by atoms with Gasteiger partial charge in [-0.2, -0.15) is 0 Å². The number of nitrogens with zero attached hydrogens (tertiary/aromatic N) is 2. The monoisotopic (exact) mass is 320 g/mol. The number of phenols is 1. The first kappa shape index (κ1) is 16.4. The van der Waals surface area contributed by atoms with Gasteiger partial charge in [0.05, 0.1) is 25.4 Å². The number of aromatic hydroxyl groups is 1. The van der Waals surface area contributed by atoms with Gasteiger partial charge >= 0.3 is 0 Å². The Kier molecular flexibility index (Phi) is 4.97. The van der Waals surface area contributed by atoms with Gasteiger partial charge in [-0.15, -0.1) is 0 Å². The van der Waals surface area contributed by atoms with Gasteiger partial charge in [0.2, 0.25) is 0 Å². The second-order valence-corrected chi connectivity index (χ2v) is 6.52. The molecular formula is C18H28N2O3. The summed E-state index contributed by atoms with van der Waals surface area (Å²) >= 11 is 0. The molecule has 0 amide bonds. The molecule has 0 spiro atoms. The van der Waals surface area contributed by atoms with Gasteiger partial charge < -0.3 is 19.5 Å². The van der Waals surface area contributed by atoms with E-state index in [0.29, 0.717) is 5.75 Å². The van der Waals surface area contributed by atoms with Crippen LogP contribution in [0.4, 0.5) is 5.69 Å². The highest BCUT2D eigenvalue weighted by molar-refractivity contribution is 5.63. The Labute approximate surface area is 138 Å². The zero-order chi connectivity index (χ0) is 16.3. The van der Waals surface area contributed by atoms with E-state index in [4.69, 9.17) is 9.47 Å². The van der Waals surface area contributed by atoms with Gasteiger partial charge in [0.25, 0.3) is 0 Å². The van der Waals surface area contributed by atoms with E-state index in [2.05, 4.69) is 23.6 Å². The number of hydrogen-bond acceptors (Lipinski definition) is 5. The summed E-state index contributed by atoms with van der Waals surface area (Å²) < 4.78 is 11.7. The molecule has 128 valence electrons. The fourth-order valence-electron chi connectivity index (χ4n) is 3.44. The van der Waals surface area contributed by atoms with Gasteiger partial charge in [-0.3, -0.25) is 4.90 Å². The quantitative estimate of drug-likeness (QED) is 0.903. The molecule has 3 rings (SSSR count). The van der Waals surface area contributed by atoms with E-state index in [9.17, 15) is 5.11 Å². The van der Waals surface area contributed by atoms with Crippen LogP contribution in [0.25, 0.3) is 0 Å². The van der Waals surface area contributed by atoms with Crippen molar-refractivity contribution in [2.24, 2.45) is 0 Å². The smallest absolute Gasteiger partial charge is 0.143 e. The zero-order valence-electron chi connectivity index (χ0n) is 14.3. The zero-order valence-corrected chi connectivity index (χ0v) is 14.3. The Hall–Kier alpha value is -1.46. The van der Waals surface area contributed by atoms with Crippen LogP contribution in [0.3, 0.4) is 0 Å². The summed E-state index contributed by atoms with van der Waals surface area (Å²) in [6.07, 6.45) is 1.97. The summed E-state index contributed by atoms with van der Waals surface area (Å²) in [6, 6.07) is 5.43. The van der Waals surface area contributed by atoms with Crippen LogP contribution in [0.2, 0.25) is 0 Å². The van der Waals surface area contributed by atoms with E-state index >= 15 is 0 Å². The Bertz CT molecular complexity index is 525. The van der Waals surface area contributed by atoms with Crippen LogP contribution in [0.1, 0.15) is 26.7 Å². The summed E-state index contributed by atoms with van der Waals surface area (Å²) in [5.41, 5.74) is 0.880. The number of rotatable bonds is 5. The maximum Gasteiger partial charge on any atom is 0.143 e. The van der Waals surface area contributed by atoms with Gasteiger partial charge in [0.1, 0.15) is 17.1 Å². The first-order chi connectivity index (χ1) is 11.2. The summed E-state index contributed by atoms with van der Waals surface area (Å²) in [5, 5.41) is 9.86. The van der Waals surface area contributed by atoms with E-state index in [-0.39, 0.29) is 5.60 Å². The van der Waals surface area contributed by atoms with E-state index in [1.54, 1.807) is 6.07 Å². The second kappa shape index (κ2) is 6.97. The normalized spacial score (nSPS) is 20.9. The maximum atomic E-state index is 9.86. The highest BCUT2D eigenvalue weighted by Gasteiger charge is 2.37. The van der Waals surface area contributed by atoms with Crippen LogP contribution in [-0.4, -0.2) is 61.5 Å². The van der Waals surface area contributed by atoms with Crippen molar-refractivity contribution in [1.29, 1.82) is 0 Å². The molecule has 0 saturated carbocycles. The molecule has 1 N–H and O–H groups in total. The van der Waals surface area contributed by atoms with Crippen LogP contribution in [0.5, 0.6) is 11.5 Å². The number of hydrogen-bond donors (Lipinski definition) is 1. The Balaban J connectivity index is 1.77. The summed E-state index contributed by atoms with van der Waals surface area (Å²) in [4.78, 5) is 4.82. The van der Waals surface area contributed by atoms with E-state index in [0.717, 1.165) is 70.2 Å². The molecule has 0 bridgehead atoms. The lowest BCUT2D eigenvalue weighted by molar-refractivity contribution is 0.0357. The van der Waals surface area contributed by atoms with Gasteiger partial charge in [-0.25, -0.2) is 0 Å². The molecule has 1 aromatic carbocycles. The predicted octanol–water partition coefficient (Wildman–Crippen LogP) is 2.48. The number of benzene rings is 1. The average molecular weight is 320 g/mol. The third kappa shape index (κ3) is 3.56. The van der Waals surface area contributed by atoms with Crippen molar-refractivity contribution in [1.82, 2.24) is 4.90 Å². The van der Waals surface area contributed by atoms with Crippen molar-refractivity contribution in [3.05, 3.63) is 18.2 Å². The molecule has 0 atom stereocenters. The van der Waals surface area contributed by atoms with Crippen molar-refractivity contribution in [3.63, 3.8) is 0 Å². The van der Waals surface area contributed by atoms with Crippen molar-refractivity contribution in [2.75, 3.05) is 50.8 Å². The highest BCUT2D eigenvalue weighted by atomic mass is 16.5. The lowest BCUT2D eigenvalue weighted by Crippen LogP contribution is -2.52. The minimum absolute atomic E-state index is 0.130. The van der Waals surface area contributed by atoms with Crippen LogP contribution in [0.15, 0.2) is 18.2 Å². The lowest BCUT2D eigenvalue weighted by Gasteiger charge is -2.44. The molecule has 5 heteroatoms. The van der Waals surface area contributed by atoms with Gasteiger partial charge in [0.15, 0.2) is 0 Å². The molecule has 2 heterocycles. The number of ether oxygens (including phenoxy) is 2. The topological polar surface area (TPSA) is 45.2 Å². The van der Waals surface area contributed by atoms with Crippen LogP contribution in [0, 0.1) is 0 Å². The first-order valence-corrected chi connectivity index (χ1v) is 8.73. The highest BCUT2D eigenvalue weighted by Crippen LogP contribution is 2.41. The summed E-state index contributed by atoms with van der Waals surface area (Å²) in [6.45, 7) is 10.9. The van der Waals surface area contributed by atoms with Crippen LogP contribution < -0.4 is 9.64 Å². The van der Waals surface area contributed by atoms with Crippen LogP contribution in [-0.2, 0) is 4.74 Å². The SMILES string of the molecule is CCC1(CC)CN(CCN2CCOCC2)c2cc(O)ccc2O1. The van der Waals surface area contributed by atoms with Crippen molar-refractivity contribution in [2.45, 2.75) is 32.3 Å². The van der Waals surface area contributed by atoms with Crippen molar-refractivity contribution < 1.29 is 14.6 Å². The molecule has 2 aliphatic heterocycles. The molecule has 0 radical (unpaired) electrons. The molecule has 1 fully saturated rings. The minimum atomic E-state index is -0.130. The molecule has 0 unspecified atom stereocenters. The van der Waals surface area contributed by atoms with Gasteiger partial charge in [-0.05, 0) is 25.0 Å². The first-order valence-electron chi connectivity index (χ1n) is 8.73. The van der Waals surface area contributed by atoms with Crippen molar-refractivity contribution in [3.8, 4) is 11.5 Å². The molecule has 1 aromatic rings. The molecule has 0 aliphatic carbocycles. The number of fused-ring (bicyclic) bond motifs is 1. The molecule has 0 aromatic heterocycles. The summed E-state index contributed by atoms with van der Waals surface area (Å²) in [7, 11) is 0. The Morgan fingerprint density at radius 2 is 1.87 bits per heavy atom. The fourth-order valence-corrected chi connectivity index (χ4v) is 3.44. The van der Waals surface area contributed by atoms with E-state index < -0.39 is 0 Å². The van der Waals surface area contributed by atoms with Gasteiger partial charge in [0, 0.05) is 32.2 Å². The number of anilines is 1. The second-order valence-electron chi connectivity index (χ2n) is 6.52. The summed E-state index contributed by atoms with van der Waals surface area (Å²) in [5.74, 6) is 1.18. The fraction of sp³-hybridized carbons (Fsp3) is 0.667. The average Bonchev–Trinajstić information content (AvgIpc) is 2.60. The minimum Gasteiger partial charge on any atom is -0.508 e. The largest absolute Gasteiger partial charge is 0.508 e. The molecule has 23 heavy (non-hydrogen) atoms.